The van der Waals surface area contributed by atoms with Crippen molar-refractivity contribution in [2.45, 2.75) is 77.3 Å². The SMILES string of the molecule is Cc1ccc(C)c2[nH]c(=O)c(C(c3nnnn3C3CCCCC3)N3CCCCC3)cc12. The van der Waals surface area contributed by atoms with Crippen LogP contribution < -0.4 is 5.56 Å². The number of aryl methyl sites for hydroxylation is 2. The average molecular weight is 421 g/mol. The minimum atomic E-state index is -0.217. The molecule has 1 saturated heterocycles. The van der Waals surface area contributed by atoms with Crippen molar-refractivity contribution in [3.63, 3.8) is 0 Å². The van der Waals surface area contributed by atoms with Gasteiger partial charge in [-0.2, -0.15) is 0 Å². The van der Waals surface area contributed by atoms with Gasteiger partial charge < -0.3 is 4.98 Å². The van der Waals surface area contributed by atoms with Gasteiger partial charge in [0.05, 0.1) is 11.6 Å². The summed E-state index contributed by atoms with van der Waals surface area (Å²) in [5.41, 5.74) is 3.91. The molecule has 1 aromatic carbocycles. The maximum Gasteiger partial charge on any atom is 0.253 e. The summed E-state index contributed by atoms with van der Waals surface area (Å²) in [6.45, 7) is 6.08. The number of hydrogen-bond donors (Lipinski definition) is 1. The van der Waals surface area contributed by atoms with Gasteiger partial charge in [0.2, 0.25) is 0 Å². The average Bonchev–Trinajstić information content (AvgIpc) is 3.28. The van der Waals surface area contributed by atoms with Crippen LogP contribution in [0.15, 0.2) is 23.0 Å². The maximum atomic E-state index is 13.4. The van der Waals surface area contributed by atoms with Gasteiger partial charge in [-0.25, -0.2) is 4.68 Å². The van der Waals surface area contributed by atoms with E-state index in [0.717, 1.165) is 66.6 Å². The Kier molecular flexibility index (Phi) is 5.61. The minimum absolute atomic E-state index is 0.0324. The molecule has 0 spiro atoms. The molecule has 3 aromatic rings. The van der Waals surface area contributed by atoms with E-state index in [1.54, 1.807) is 0 Å². The second-order valence-corrected chi connectivity index (χ2v) is 9.31. The first-order valence-electron chi connectivity index (χ1n) is 11.8. The van der Waals surface area contributed by atoms with Crippen LogP contribution in [0.5, 0.6) is 0 Å². The fourth-order valence-electron chi connectivity index (χ4n) is 5.44. The van der Waals surface area contributed by atoms with E-state index >= 15 is 0 Å². The molecule has 1 saturated carbocycles. The topological polar surface area (TPSA) is 79.7 Å². The fraction of sp³-hybridized carbons (Fsp3) is 0.583. The van der Waals surface area contributed by atoms with E-state index in [2.05, 4.69) is 50.5 Å². The van der Waals surface area contributed by atoms with Gasteiger partial charge in [0.25, 0.3) is 5.56 Å². The highest BCUT2D eigenvalue weighted by atomic mass is 16.1. The largest absolute Gasteiger partial charge is 0.321 e. The number of hydrogen-bond acceptors (Lipinski definition) is 5. The summed E-state index contributed by atoms with van der Waals surface area (Å²) in [6, 6.07) is 6.40. The molecule has 0 bridgehead atoms. The van der Waals surface area contributed by atoms with Gasteiger partial charge in [0.1, 0.15) is 6.04 Å². The zero-order valence-corrected chi connectivity index (χ0v) is 18.6. The molecule has 1 unspecified atom stereocenters. The van der Waals surface area contributed by atoms with Crippen LogP contribution >= 0.6 is 0 Å². The zero-order valence-electron chi connectivity index (χ0n) is 18.6. The van der Waals surface area contributed by atoms with E-state index in [0.29, 0.717) is 6.04 Å². The molecule has 164 valence electrons. The van der Waals surface area contributed by atoms with E-state index in [1.807, 2.05) is 11.6 Å². The Morgan fingerprint density at radius 2 is 1.71 bits per heavy atom. The molecule has 5 rings (SSSR count). The highest BCUT2D eigenvalue weighted by molar-refractivity contribution is 5.85. The number of rotatable bonds is 4. The van der Waals surface area contributed by atoms with Crippen molar-refractivity contribution < 1.29 is 0 Å². The summed E-state index contributed by atoms with van der Waals surface area (Å²) in [4.78, 5) is 19.0. The van der Waals surface area contributed by atoms with Crippen molar-refractivity contribution >= 4 is 10.9 Å². The normalized spacial score (nSPS) is 19.7. The van der Waals surface area contributed by atoms with E-state index in [-0.39, 0.29) is 11.6 Å². The van der Waals surface area contributed by atoms with Crippen LogP contribution in [0.1, 0.15) is 86.0 Å². The second-order valence-electron chi connectivity index (χ2n) is 9.31. The molecule has 7 nitrogen and oxygen atoms in total. The van der Waals surface area contributed by atoms with Crippen molar-refractivity contribution in [2.24, 2.45) is 0 Å². The first-order valence-corrected chi connectivity index (χ1v) is 11.8. The van der Waals surface area contributed by atoms with Gasteiger partial charge in [-0.1, -0.05) is 37.8 Å². The van der Waals surface area contributed by atoms with Gasteiger partial charge in [-0.15, -0.1) is 5.10 Å². The molecule has 2 aromatic heterocycles. The maximum absolute atomic E-state index is 13.4. The molecule has 31 heavy (non-hydrogen) atoms. The quantitative estimate of drug-likeness (QED) is 0.684. The third-order valence-electron chi connectivity index (χ3n) is 7.21. The van der Waals surface area contributed by atoms with Crippen LogP contribution in [0.2, 0.25) is 0 Å². The Balaban J connectivity index is 1.66. The Bertz CT molecular complexity index is 1120. The van der Waals surface area contributed by atoms with Gasteiger partial charge in [0.15, 0.2) is 5.82 Å². The number of benzene rings is 1. The first kappa shape index (κ1) is 20.4. The number of aromatic nitrogens is 5. The number of H-pyrrole nitrogens is 1. The molecular weight excluding hydrogens is 388 g/mol. The Hall–Kier alpha value is -2.54. The summed E-state index contributed by atoms with van der Waals surface area (Å²) in [7, 11) is 0. The number of nitrogens with zero attached hydrogens (tertiary/aromatic N) is 5. The molecule has 0 radical (unpaired) electrons. The van der Waals surface area contributed by atoms with Crippen molar-refractivity contribution in [3.8, 4) is 0 Å². The smallest absolute Gasteiger partial charge is 0.253 e. The predicted octanol–water partition coefficient (Wildman–Crippen LogP) is 4.21. The zero-order chi connectivity index (χ0) is 21.4. The first-order chi connectivity index (χ1) is 15.1. The van der Waals surface area contributed by atoms with Crippen molar-refractivity contribution in [1.82, 2.24) is 30.1 Å². The molecule has 1 N–H and O–H groups in total. The number of tetrazole rings is 1. The lowest BCUT2D eigenvalue weighted by Crippen LogP contribution is -2.39. The highest BCUT2D eigenvalue weighted by Gasteiger charge is 2.33. The summed E-state index contributed by atoms with van der Waals surface area (Å²) >= 11 is 0. The lowest BCUT2D eigenvalue weighted by molar-refractivity contribution is 0.171. The monoisotopic (exact) mass is 420 g/mol. The van der Waals surface area contributed by atoms with Gasteiger partial charge in [-0.3, -0.25) is 9.69 Å². The van der Waals surface area contributed by atoms with Crippen molar-refractivity contribution in [2.75, 3.05) is 13.1 Å². The highest BCUT2D eigenvalue weighted by Crippen LogP contribution is 2.34. The lowest BCUT2D eigenvalue weighted by atomic mass is 9.94. The number of aromatic amines is 1. The van der Waals surface area contributed by atoms with E-state index < -0.39 is 0 Å². The molecular formula is C24H32N6O. The van der Waals surface area contributed by atoms with Crippen LogP contribution in [0, 0.1) is 13.8 Å². The van der Waals surface area contributed by atoms with Crippen LogP contribution in [0.25, 0.3) is 10.9 Å². The summed E-state index contributed by atoms with van der Waals surface area (Å²) in [6.07, 6.45) is 9.46. The number of nitrogens with one attached hydrogen (secondary N) is 1. The van der Waals surface area contributed by atoms with Crippen molar-refractivity contribution in [3.05, 3.63) is 51.1 Å². The Morgan fingerprint density at radius 1 is 1.00 bits per heavy atom. The summed E-state index contributed by atoms with van der Waals surface area (Å²) < 4.78 is 2.03. The third-order valence-corrected chi connectivity index (χ3v) is 7.21. The molecule has 2 fully saturated rings. The van der Waals surface area contributed by atoms with Gasteiger partial charge in [-0.05, 0) is 80.2 Å². The number of likely N-dealkylation sites (tertiary alicyclic amines) is 1. The Labute approximate surface area is 182 Å². The summed E-state index contributed by atoms with van der Waals surface area (Å²) in [5.74, 6) is 0.823. The standard InChI is InChI=1S/C24H32N6O/c1-16-11-12-17(2)21-19(16)15-20(24(31)25-21)22(29-13-7-4-8-14-29)23-26-27-28-30(23)18-9-5-3-6-10-18/h11-12,15,18,22H,3-10,13-14H2,1-2H3,(H,25,31). The van der Waals surface area contributed by atoms with Crippen molar-refractivity contribution in [1.29, 1.82) is 0 Å². The van der Waals surface area contributed by atoms with E-state index in [9.17, 15) is 4.79 Å². The number of piperidine rings is 1. The molecule has 3 heterocycles. The minimum Gasteiger partial charge on any atom is -0.321 e. The summed E-state index contributed by atoms with van der Waals surface area (Å²) in [5, 5.41) is 14.1. The lowest BCUT2D eigenvalue weighted by Gasteiger charge is -2.34. The second kappa shape index (κ2) is 8.54. The van der Waals surface area contributed by atoms with Gasteiger partial charge in [0, 0.05) is 10.9 Å². The van der Waals surface area contributed by atoms with Crippen LogP contribution in [0.3, 0.4) is 0 Å². The molecule has 0 amide bonds. The van der Waals surface area contributed by atoms with Crippen LogP contribution in [-0.2, 0) is 0 Å². The predicted molar refractivity (Wildman–Crippen MR) is 121 cm³/mol. The molecule has 2 aliphatic rings. The molecule has 7 heteroatoms. The molecule has 1 aliphatic heterocycles. The van der Waals surface area contributed by atoms with E-state index in [4.69, 9.17) is 0 Å². The number of pyridine rings is 1. The van der Waals surface area contributed by atoms with Crippen LogP contribution in [0.4, 0.5) is 0 Å². The number of fused-ring (bicyclic) bond motifs is 1. The van der Waals surface area contributed by atoms with Gasteiger partial charge >= 0.3 is 0 Å². The Morgan fingerprint density at radius 3 is 2.48 bits per heavy atom. The third kappa shape index (κ3) is 3.80. The molecule has 1 atom stereocenters. The van der Waals surface area contributed by atoms with E-state index in [1.165, 1.54) is 31.2 Å². The fourth-order valence-corrected chi connectivity index (χ4v) is 5.44. The van der Waals surface area contributed by atoms with Crippen LogP contribution in [-0.4, -0.2) is 43.2 Å². The molecule has 1 aliphatic carbocycles.